The number of nitro groups is 1. The summed E-state index contributed by atoms with van der Waals surface area (Å²) in [6, 6.07) is 8.17. The summed E-state index contributed by atoms with van der Waals surface area (Å²) in [4.78, 5) is 10.4. The van der Waals surface area contributed by atoms with Gasteiger partial charge in [0, 0.05) is 12.6 Å². The van der Waals surface area contributed by atoms with Crippen molar-refractivity contribution >= 4 is 5.69 Å². The lowest BCUT2D eigenvalue weighted by atomic mass is 10.2. The van der Waals surface area contributed by atoms with Crippen LogP contribution in [-0.4, -0.2) is 12.0 Å². The van der Waals surface area contributed by atoms with Crippen molar-refractivity contribution in [2.75, 3.05) is 7.11 Å². The minimum Gasteiger partial charge on any atom is -0.490 e. The normalized spacial score (nSPS) is 10.2. The predicted octanol–water partition coefficient (Wildman–Crippen LogP) is 2.99. The van der Waals surface area contributed by atoms with E-state index in [1.54, 1.807) is 6.07 Å². The van der Waals surface area contributed by atoms with Crippen LogP contribution in [0.2, 0.25) is 0 Å². The Hall–Kier alpha value is -2.67. The van der Waals surface area contributed by atoms with Crippen LogP contribution < -0.4 is 15.2 Å². The third kappa shape index (κ3) is 3.46. The van der Waals surface area contributed by atoms with Gasteiger partial charge in [0.1, 0.15) is 17.3 Å². The Labute approximate surface area is 120 Å². The van der Waals surface area contributed by atoms with Crippen molar-refractivity contribution in [2.24, 2.45) is 5.73 Å². The molecule has 2 N–H and O–H groups in total. The molecule has 21 heavy (non-hydrogen) atoms. The molecule has 0 aromatic heterocycles. The molecule has 6 nitrogen and oxygen atoms in total. The van der Waals surface area contributed by atoms with Crippen LogP contribution in [-0.2, 0) is 6.54 Å². The third-order valence-electron chi connectivity index (χ3n) is 2.75. The van der Waals surface area contributed by atoms with Gasteiger partial charge in [-0.2, -0.15) is 0 Å². The van der Waals surface area contributed by atoms with Gasteiger partial charge >= 0.3 is 5.69 Å². The molecular formula is C14H13FN2O4. The van der Waals surface area contributed by atoms with Crippen LogP contribution in [0.3, 0.4) is 0 Å². The molecule has 0 saturated carbocycles. The van der Waals surface area contributed by atoms with Crippen LogP contribution in [0.25, 0.3) is 0 Å². The first-order chi connectivity index (χ1) is 10.0. The zero-order chi connectivity index (χ0) is 15.4. The van der Waals surface area contributed by atoms with Crippen molar-refractivity contribution in [1.82, 2.24) is 0 Å². The number of rotatable bonds is 5. The van der Waals surface area contributed by atoms with Crippen LogP contribution in [0.15, 0.2) is 36.4 Å². The number of benzene rings is 2. The van der Waals surface area contributed by atoms with Gasteiger partial charge < -0.3 is 15.2 Å². The van der Waals surface area contributed by atoms with Crippen molar-refractivity contribution in [3.8, 4) is 17.2 Å². The fourth-order valence-electron chi connectivity index (χ4n) is 1.81. The Morgan fingerprint density at radius 1 is 1.24 bits per heavy atom. The maximum atomic E-state index is 13.4. The Kier molecular flexibility index (Phi) is 4.34. The fraction of sp³-hybridized carbons (Fsp3) is 0.143. The number of nitrogens with two attached hydrogens (primary N) is 1. The van der Waals surface area contributed by atoms with Gasteiger partial charge in [-0.15, -0.1) is 0 Å². The van der Waals surface area contributed by atoms with Gasteiger partial charge in [0.05, 0.1) is 18.1 Å². The van der Waals surface area contributed by atoms with Crippen molar-refractivity contribution in [1.29, 1.82) is 0 Å². The number of hydrogen-bond acceptors (Lipinski definition) is 5. The van der Waals surface area contributed by atoms with Crippen molar-refractivity contribution in [3.63, 3.8) is 0 Å². The molecule has 0 aliphatic heterocycles. The maximum absolute atomic E-state index is 13.4. The molecule has 0 fully saturated rings. The monoisotopic (exact) mass is 292 g/mol. The Morgan fingerprint density at radius 2 is 2.00 bits per heavy atom. The SMILES string of the molecule is COc1ccc(Oc2cc(F)cc(CN)c2)cc1[N+](=O)[O-]. The van der Waals surface area contributed by atoms with Gasteiger partial charge in [-0.25, -0.2) is 4.39 Å². The quantitative estimate of drug-likeness (QED) is 0.676. The van der Waals surface area contributed by atoms with E-state index < -0.39 is 10.7 Å². The molecule has 0 heterocycles. The van der Waals surface area contributed by atoms with E-state index in [-0.39, 0.29) is 29.5 Å². The lowest BCUT2D eigenvalue weighted by Crippen LogP contribution is -1.98. The minimum absolute atomic E-state index is 0.120. The lowest BCUT2D eigenvalue weighted by molar-refractivity contribution is -0.385. The molecule has 2 rings (SSSR count). The van der Waals surface area contributed by atoms with E-state index in [4.69, 9.17) is 15.2 Å². The summed E-state index contributed by atoms with van der Waals surface area (Å²) in [6.07, 6.45) is 0. The zero-order valence-corrected chi connectivity index (χ0v) is 11.2. The topological polar surface area (TPSA) is 87.6 Å². The molecule has 0 amide bonds. The first-order valence-corrected chi connectivity index (χ1v) is 6.03. The summed E-state index contributed by atoms with van der Waals surface area (Å²) < 4.78 is 23.7. The molecule has 0 aliphatic rings. The van der Waals surface area contributed by atoms with Gasteiger partial charge in [-0.05, 0) is 29.8 Å². The molecule has 0 atom stereocenters. The Morgan fingerprint density at radius 3 is 2.62 bits per heavy atom. The molecule has 0 aliphatic carbocycles. The van der Waals surface area contributed by atoms with Crippen molar-refractivity contribution in [2.45, 2.75) is 6.54 Å². The van der Waals surface area contributed by atoms with Crippen LogP contribution in [0, 0.1) is 15.9 Å². The number of hydrogen-bond donors (Lipinski definition) is 1. The van der Waals surface area contributed by atoms with Crippen LogP contribution in [0.1, 0.15) is 5.56 Å². The van der Waals surface area contributed by atoms with E-state index in [1.165, 1.54) is 37.4 Å². The molecule has 2 aromatic rings. The van der Waals surface area contributed by atoms with Gasteiger partial charge in [-0.1, -0.05) is 0 Å². The summed E-state index contributed by atoms with van der Waals surface area (Å²) >= 11 is 0. The Balaban J connectivity index is 2.33. The molecule has 110 valence electrons. The van der Waals surface area contributed by atoms with Crippen LogP contribution in [0.5, 0.6) is 17.2 Å². The van der Waals surface area contributed by atoms with Crippen molar-refractivity contribution < 1.29 is 18.8 Å². The maximum Gasteiger partial charge on any atom is 0.314 e. The first-order valence-electron chi connectivity index (χ1n) is 6.03. The highest BCUT2D eigenvalue weighted by atomic mass is 19.1. The second kappa shape index (κ2) is 6.19. The number of halogens is 1. The lowest BCUT2D eigenvalue weighted by Gasteiger charge is -2.09. The molecule has 0 radical (unpaired) electrons. The van der Waals surface area contributed by atoms with Crippen LogP contribution >= 0.6 is 0 Å². The van der Waals surface area contributed by atoms with E-state index in [0.29, 0.717) is 5.56 Å². The number of nitrogens with zero attached hydrogens (tertiary/aromatic N) is 1. The van der Waals surface area contributed by atoms with E-state index in [0.717, 1.165) is 0 Å². The molecule has 0 saturated heterocycles. The van der Waals surface area contributed by atoms with E-state index >= 15 is 0 Å². The van der Waals surface area contributed by atoms with Gasteiger partial charge in [0.25, 0.3) is 0 Å². The van der Waals surface area contributed by atoms with E-state index in [9.17, 15) is 14.5 Å². The number of ether oxygens (including phenoxy) is 2. The van der Waals surface area contributed by atoms with Gasteiger partial charge in [0.15, 0.2) is 5.75 Å². The molecule has 7 heteroatoms. The summed E-state index contributed by atoms with van der Waals surface area (Å²) in [6.45, 7) is 0.164. The minimum atomic E-state index is -0.581. The van der Waals surface area contributed by atoms with Crippen molar-refractivity contribution in [3.05, 3.63) is 57.9 Å². The highest BCUT2D eigenvalue weighted by molar-refractivity contribution is 5.51. The van der Waals surface area contributed by atoms with Gasteiger partial charge in [0.2, 0.25) is 0 Å². The fourth-order valence-corrected chi connectivity index (χ4v) is 1.81. The zero-order valence-electron chi connectivity index (χ0n) is 11.2. The Bertz CT molecular complexity index is 676. The van der Waals surface area contributed by atoms with E-state index in [1.807, 2.05) is 0 Å². The standard InChI is InChI=1S/C14H13FN2O4/c1-20-14-3-2-11(7-13(14)17(18)19)21-12-5-9(8-16)4-10(15)6-12/h2-7H,8,16H2,1H3. The largest absolute Gasteiger partial charge is 0.490 e. The van der Waals surface area contributed by atoms with E-state index in [2.05, 4.69) is 0 Å². The number of nitro benzene ring substituents is 1. The predicted molar refractivity (Wildman–Crippen MR) is 74.0 cm³/mol. The van der Waals surface area contributed by atoms with Gasteiger partial charge in [-0.3, -0.25) is 10.1 Å². The summed E-state index contributed by atoms with van der Waals surface area (Å²) in [5.74, 6) is 0.0520. The molecule has 0 unspecified atom stereocenters. The summed E-state index contributed by atoms with van der Waals surface area (Å²) in [5.41, 5.74) is 5.79. The molecular weight excluding hydrogens is 279 g/mol. The highest BCUT2D eigenvalue weighted by Crippen LogP contribution is 2.33. The summed E-state index contributed by atoms with van der Waals surface area (Å²) in [7, 11) is 1.34. The molecule has 0 bridgehead atoms. The second-order valence-electron chi connectivity index (χ2n) is 4.19. The number of methoxy groups -OCH3 is 1. The smallest absolute Gasteiger partial charge is 0.314 e. The highest BCUT2D eigenvalue weighted by Gasteiger charge is 2.16. The summed E-state index contributed by atoms with van der Waals surface area (Å²) in [5, 5.41) is 10.9. The first kappa shape index (κ1) is 14.7. The second-order valence-corrected chi connectivity index (χ2v) is 4.19. The van der Waals surface area contributed by atoms with Crippen LogP contribution in [0.4, 0.5) is 10.1 Å². The molecule has 2 aromatic carbocycles. The average molecular weight is 292 g/mol. The third-order valence-corrected chi connectivity index (χ3v) is 2.75. The average Bonchev–Trinajstić information content (AvgIpc) is 2.46. The molecule has 0 spiro atoms.